The van der Waals surface area contributed by atoms with E-state index in [1.54, 1.807) is 0 Å². The minimum Gasteiger partial charge on any atom is -0.466 e. The molecule has 0 spiro atoms. The predicted octanol–water partition coefficient (Wildman–Crippen LogP) is 3.13. The molecule has 0 fully saturated rings. The van der Waals surface area contributed by atoms with Gasteiger partial charge in [0.15, 0.2) is 0 Å². The third kappa shape index (κ3) is 2.45. The lowest BCUT2D eigenvalue weighted by Gasteiger charge is -2.05. The summed E-state index contributed by atoms with van der Waals surface area (Å²) < 4.78 is 5.46. The SMILES string of the molecule is Cc1oc(C)c(C(=O)NCc2ccccc2)c1C. The third-order valence-electron chi connectivity index (χ3n) is 3.08. The smallest absolute Gasteiger partial charge is 0.255 e. The van der Waals surface area contributed by atoms with E-state index < -0.39 is 0 Å². The van der Waals surface area contributed by atoms with Crippen LogP contribution in [0.2, 0.25) is 0 Å². The van der Waals surface area contributed by atoms with Crippen molar-refractivity contribution in [3.05, 3.63) is 58.5 Å². The van der Waals surface area contributed by atoms with Gasteiger partial charge < -0.3 is 9.73 Å². The third-order valence-corrected chi connectivity index (χ3v) is 3.08. The van der Waals surface area contributed by atoms with Crippen molar-refractivity contribution in [2.75, 3.05) is 0 Å². The summed E-state index contributed by atoms with van der Waals surface area (Å²) in [5.74, 6) is 1.40. The number of carbonyl (C=O) groups is 1. The zero-order valence-corrected chi connectivity index (χ0v) is 10.9. The largest absolute Gasteiger partial charge is 0.466 e. The first kappa shape index (κ1) is 12.4. The van der Waals surface area contributed by atoms with E-state index in [1.807, 2.05) is 51.1 Å². The molecule has 2 aromatic rings. The maximum atomic E-state index is 12.1. The van der Waals surface area contributed by atoms with E-state index in [0.717, 1.165) is 16.9 Å². The fraction of sp³-hybridized carbons (Fsp3) is 0.267. The Hall–Kier alpha value is -2.03. The fourth-order valence-electron chi connectivity index (χ4n) is 1.99. The summed E-state index contributed by atoms with van der Waals surface area (Å²) in [5.41, 5.74) is 2.66. The van der Waals surface area contributed by atoms with Crippen molar-refractivity contribution in [1.29, 1.82) is 0 Å². The Morgan fingerprint density at radius 2 is 1.78 bits per heavy atom. The molecule has 0 bridgehead atoms. The van der Waals surface area contributed by atoms with Gasteiger partial charge in [-0.1, -0.05) is 30.3 Å². The summed E-state index contributed by atoms with van der Waals surface area (Å²) in [6, 6.07) is 9.85. The predicted molar refractivity (Wildman–Crippen MR) is 70.5 cm³/mol. The average Bonchev–Trinajstić information content (AvgIpc) is 2.62. The number of furan rings is 1. The average molecular weight is 243 g/mol. The zero-order chi connectivity index (χ0) is 13.1. The van der Waals surface area contributed by atoms with Crippen LogP contribution in [0.5, 0.6) is 0 Å². The van der Waals surface area contributed by atoms with Gasteiger partial charge in [-0.3, -0.25) is 4.79 Å². The molecule has 2 rings (SSSR count). The molecule has 0 aliphatic heterocycles. The van der Waals surface area contributed by atoms with Crippen molar-refractivity contribution < 1.29 is 9.21 Å². The van der Waals surface area contributed by atoms with Gasteiger partial charge in [-0.15, -0.1) is 0 Å². The van der Waals surface area contributed by atoms with Crippen LogP contribution < -0.4 is 5.32 Å². The molecule has 3 heteroatoms. The highest BCUT2D eigenvalue weighted by atomic mass is 16.3. The van der Waals surface area contributed by atoms with Crippen molar-refractivity contribution in [3.8, 4) is 0 Å². The summed E-state index contributed by atoms with van der Waals surface area (Å²) in [6.07, 6.45) is 0. The van der Waals surface area contributed by atoms with Crippen molar-refractivity contribution in [2.24, 2.45) is 0 Å². The summed E-state index contributed by atoms with van der Waals surface area (Å²) in [6.45, 7) is 6.12. The van der Waals surface area contributed by atoms with Crippen molar-refractivity contribution >= 4 is 5.91 Å². The summed E-state index contributed by atoms with van der Waals surface area (Å²) in [4.78, 5) is 12.1. The second kappa shape index (κ2) is 5.08. The number of rotatable bonds is 3. The van der Waals surface area contributed by atoms with Gasteiger partial charge in [0.1, 0.15) is 11.5 Å². The number of aryl methyl sites for hydroxylation is 2. The Balaban J connectivity index is 2.09. The first-order valence-electron chi connectivity index (χ1n) is 5.98. The minimum absolute atomic E-state index is 0.0781. The second-order valence-corrected chi connectivity index (χ2v) is 4.38. The molecule has 1 N–H and O–H groups in total. The standard InChI is InChI=1S/C15H17NO2/c1-10-11(2)18-12(3)14(10)15(17)16-9-13-7-5-4-6-8-13/h4-8H,9H2,1-3H3,(H,16,17). The van der Waals surface area contributed by atoms with Gasteiger partial charge in [0.05, 0.1) is 5.56 Å². The molecule has 1 amide bonds. The van der Waals surface area contributed by atoms with Gasteiger partial charge in [0.2, 0.25) is 0 Å². The van der Waals surface area contributed by atoms with Crippen LogP contribution >= 0.6 is 0 Å². The van der Waals surface area contributed by atoms with Gasteiger partial charge in [0, 0.05) is 12.1 Å². The van der Waals surface area contributed by atoms with Crippen molar-refractivity contribution in [2.45, 2.75) is 27.3 Å². The van der Waals surface area contributed by atoms with Crippen LogP contribution in [-0.2, 0) is 6.54 Å². The van der Waals surface area contributed by atoms with E-state index in [4.69, 9.17) is 4.42 Å². The molecule has 3 nitrogen and oxygen atoms in total. The lowest BCUT2D eigenvalue weighted by Crippen LogP contribution is -2.23. The molecule has 94 valence electrons. The van der Waals surface area contributed by atoms with E-state index in [0.29, 0.717) is 17.9 Å². The molecular formula is C15H17NO2. The summed E-state index contributed by atoms with van der Waals surface area (Å²) in [5, 5.41) is 2.91. The van der Waals surface area contributed by atoms with Gasteiger partial charge >= 0.3 is 0 Å². The highest BCUT2D eigenvalue weighted by Gasteiger charge is 2.17. The number of nitrogens with one attached hydrogen (secondary N) is 1. The summed E-state index contributed by atoms with van der Waals surface area (Å²) in [7, 11) is 0. The molecule has 0 radical (unpaired) electrons. The Bertz CT molecular complexity index is 555. The molecule has 0 aliphatic carbocycles. The molecule has 0 unspecified atom stereocenters. The van der Waals surface area contributed by atoms with Gasteiger partial charge in [-0.05, 0) is 26.3 Å². The van der Waals surface area contributed by atoms with E-state index in [2.05, 4.69) is 5.32 Å². The van der Waals surface area contributed by atoms with Crippen LogP contribution in [0.1, 0.15) is 33.0 Å². The highest BCUT2D eigenvalue weighted by Crippen LogP contribution is 2.20. The highest BCUT2D eigenvalue weighted by molar-refractivity contribution is 5.96. The van der Waals surface area contributed by atoms with Crippen molar-refractivity contribution in [3.63, 3.8) is 0 Å². The second-order valence-electron chi connectivity index (χ2n) is 4.38. The number of amides is 1. The Labute approximate surface area is 107 Å². The van der Waals surface area contributed by atoms with Gasteiger partial charge in [-0.2, -0.15) is 0 Å². The Kier molecular flexibility index (Phi) is 3.51. The lowest BCUT2D eigenvalue weighted by molar-refractivity contribution is 0.0949. The maximum Gasteiger partial charge on any atom is 0.255 e. The number of benzene rings is 1. The van der Waals surface area contributed by atoms with E-state index in [1.165, 1.54) is 0 Å². The first-order valence-corrected chi connectivity index (χ1v) is 5.98. The van der Waals surface area contributed by atoms with E-state index in [9.17, 15) is 4.79 Å². The van der Waals surface area contributed by atoms with Crippen LogP contribution in [0.25, 0.3) is 0 Å². The van der Waals surface area contributed by atoms with E-state index >= 15 is 0 Å². The van der Waals surface area contributed by atoms with E-state index in [-0.39, 0.29) is 5.91 Å². The maximum absolute atomic E-state index is 12.1. The molecule has 0 saturated heterocycles. The van der Waals surface area contributed by atoms with Crippen LogP contribution in [0.15, 0.2) is 34.7 Å². The van der Waals surface area contributed by atoms with Gasteiger partial charge in [-0.25, -0.2) is 0 Å². The number of carbonyl (C=O) groups excluding carboxylic acids is 1. The van der Waals surface area contributed by atoms with Crippen LogP contribution in [0.4, 0.5) is 0 Å². The number of hydrogen-bond donors (Lipinski definition) is 1. The molecule has 0 aliphatic rings. The number of hydrogen-bond acceptors (Lipinski definition) is 2. The zero-order valence-electron chi connectivity index (χ0n) is 10.9. The minimum atomic E-state index is -0.0781. The Morgan fingerprint density at radius 1 is 1.11 bits per heavy atom. The molecule has 0 atom stereocenters. The molecule has 18 heavy (non-hydrogen) atoms. The Morgan fingerprint density at radius 3 is 2.33 bits per heavy atom. The monoisotopic (exact) mass is 243 g/mol. The first-order chi connectivity index (χ1) is 8.59. The molecular weight excluding hydrogens is 226 g/mol. The quantitative estimate of drug-likeness (QED) is 0.899. The molecule has 1 aromatic carbocycles. The fourth-order valence-corrected chi connectivity index (χ4v) is 1.99. The molecule has 1 aromatic heterocycles. The van der Waals surface area contributed by atoms with Crippen LogP contribution in [0.3, 0.4) is 0 Å². The molecule has 0 saturated carbocycles. The van der Waals surface area contributed by atoms with Crippen LogP contribution in [0, 0.1) is 20.8 Å². The lowest BCUT2D eigenvalue weighted by atomic mass is 10.1. The topological polar surface area (TPSA) is 42.2 Å². The normalized spacial score (nSPS) is 10.4. The van der Waals surface area contributed by atoms with Gasteiger partial charge in [0.25, 0.3) is 5.91 Å². The van der Waals surface area contributed by atoms with Crippen LogP contribution in [-0.4, -0.2) is 5.91 Å². The summed E-state index contributed by atoms with van der Waals surface area (Å²) >= 11 is 0. The molecule has 1 heterocycles. The van der Waals surface area contributed by atoms with Crippen molar-refractivity contribution in [1.82, 2.24) is 5.32 Å².